The maximum Gasteiger partial charge on any atom is 0.223 e. The first-order chi connectivity index (χ1) is 12.8. The second kappa shape index (κ2) is 9.45. The Hall–Kier alpha value is -2.48. The number of nitrogens with zero attached hydrogens (tertiary/aromatic N) is 2. The normalized spacial score (nSPS) is 12.6. The topological polar surface area (TPSA) is 105 Å². The average Bonchev–Trinajstić information content (AvgIpc) is 3.46. The third kappa shape index (κ3) is 6.02. The minimum Gasteiger partial charge on any atom is -0.508 e. The molecule has 27 heavy (non-hydrogen) atoms. The number of hydrogen-bond donors (Lipinski definition) is 3. The molecule has 0 heterocycles. The van der Waals surface area contributed by atoms with Crippen LogP contribution in [0.5, 0.6) is 11.5 Å². The van der Waals surface area contributed by atoms with Gasteiger partial charge in [0.25, 0.3) is 0 Å². The van der Waals surface area contributed by atoms with Gasteiger partial charge in [-0.05, 0) is 49.1 Å². The van der Waals surface area contributed by atoms with Crippen molar-refractivity contribution in [3.05, 3.63) is 52.5 Å². The molecule has 0 bridgehead atoms. The molecule has 1 aliphatic carbocycles. The first kappa shape index (κ1) is 20.8. The summed E-state index contributed by atoms with van der Waals surface area (Å²) in [5.74, 6) is 12.2. The molecular formula is C19H25ClN4O3. The fourth-order valence-corrected chi connectivity index (χ4v) is 2.78. The van der Waals surface area contributed by atoms with Gasteiger partial charge in [0.1, 0.15) is 18.1 Å². The maximum atomic E-state index is 9.66. The molecular weight excluding hydrogens is 368 g/mol. The molecule has 8 heteroatoms. The van der Waals surface area contributed by atoms with E-state index in [0.717, 1.165) is 40.4 Å². The molecule has 1 fully saturated rings. The van der Waals surface area contributed by atoms with Gasteiger partial charge in [-0.3, -0.25) is 9.80 Å². The summed E-state index contributed by atoms with van der Waals surface area (Å²) >= 11 is 6.28. The number of carbonyl (C=O) groups is 1. The number of carbonyl (C=O) groups excluding carboxylic acids is 1. The summed E-state index contributed by atoms with van der Waals surface area (Å²) in [7, 11) is 3.23. The Kier molecular flexibility index (Phi) is 7.29. The molecule has 0 spiro atoms. The fourth-order valence-electron chi connectivity index (χ4n) is 2.55. The predicted octanol–water partition coefficient (Wildman–Crippen LogP) is 2.76. The van der Waals surface area contributed by atoms with Crippen LogP contribution in [0.3, 0.4) is 0 Å². The third-order valence-corrected chi connectivity index (χ3v) is 4.38. The number of phenols is 1. The van der Waals surface area contributed by atoms with Crippen molar-refractivity contribution in [2.75, 3.05) is 19.1 Å². The Morgan fingerprint density at radius 1 is 1.26 bits per heavy atom. The molecule has 0 aromatic heterocycles. The standard InChI is InChI=1S/C17H19ClN2O2.C2H6N2O/c1-20(19)16-4-2-3-15(18)14(16)10-22-17-8-7-12(21)9-13(17)11-5-6-11;1-4(3)2-5/h2-4,7-9,11,21H,5-6,10,19H2,1H3;2H,3H2,1H3. The average molecular weight is 393 g/mol. The molecule has 1 amide bonds. The highest BCUT2D eigenvalue weighted by atomic mass is 35.5. The molecule has 1 saturated carbocycles. The summed E-state index contributed by atoms with van der Waals surface area (Å²) in [6.07, 6.45) is 2.81. The van der Waals surface area contributed by atoms with Gasteiger partial charge in [-0.2, -0.15) is 0 Å². The number of halogens is 1. The van der Waals surface area contributed by atoms with E-state index in [1.165, 1.54) is 12.1 Å². The zero-order valence-corrected chi connectivity index (χ0v) is 16.2. The van der Waals surface area contributed by atoms with E-state index in [2.05, 4.69) is 0 Å². The summed E-state index contributed by atoms with van der Waals surface area (Å²) in [4.78, 5) is 9.31. The van der Waals surface area contributed by atoms with Gasteiger partial charge in [0.15, 0.2) is 0 Å². The zero-order chi connectivity index (χ0) is 20.0. The Morgan fingerprint density at radius 2 is 1.93 bits per heavy atom. The van der Waals surface area contributed by atoms with Crippen LogP contribution in [0.1, 0.15) is 29.9 Å². The van der Waals surface area contributed by atoms with Crippen LogP contribution >= 0.6 is 11.6 Å². The van der Waals surface area contributed by atoms with Crippen LogP contribution in [-0.4, -0.2) is 30.6 Å². The highest BCUT2D eigenvalue weighted by Crippen LogP contribution is 2.45. The minimum atomic E-state index is 0.273. The molecule has 5 N–H and O–H groups in total. The lowest BCUT2D eigenvalue weighted by molar-refractivity contribution is -0.117. The van der Waals surface area contributed by atoms with Crippen LogP contribution in [0.2, 0.25) is 5.02 Å². The highest BCUT2D eigenvalue weighted by molar-refractivity contribution is 6.31. The minimum absolute atomic E-state index is 0.273. The number of anilines is 1. The van der Waals surface area contributed by atoms with E-state index < -0.39 is 0 Å². The Balaban J connectivity index is 0.000000465. The lowest BCUT2D eigenvalue weighted by atomic mass is 10.1. The van der Waals surface area contributed by atoms with Gasteiger partial charge in [-0.25, -0.2) is 11.7 Å². The first-order valence-electron chi connectivity index (χ1n) is 8.47. The summed E-state index contributed by atoms with van der Waals surface area (Å²) < 4.78 is 5.97. The molecule has 0 atom stereocenters. The SMILES string of the molecule is CN(N)C=O.CN(N)c1cccc(Cl)c1COc1ccc(O)cc1C1CC1. The Morgan fingerprint density at radius 3 is 2.48 bits per heavy atom. The monoisotopic (exact) mass is 392 g/mol. The van der Waals surface area contributed by atoms with Gasteiger partial charge in [0, 0.05) is 30.2 Å². The van der Waals surface area contributed by atoms with E-state index in [4.69, 9.17) is 28.0 Å². The number of hydrogen-bond acceptors (Lipinski definition) is 6. The van der Waals surface area contributed by atoms with Crippen molar-refractivity contribution in [1.29, 1.82) is 0 Å². The lowest BCUT2D eigenvalue weighted by Gasteiger charge is -2.19. The predicted molar refractivity (Wildman–Crippen MR) is 106 cm³/mol. The van der Waals surface area contributed by atoms with Crippen molar-refractivity contribution in [3.63, 3.8) is 0 Å². The van der Waals surface area contributed by atoms with Crippen LogP contribution in [0.4, 0.5) is 5.69 Å². The quantitative estimate of drug-likeness (QED) is 0.302. The molecule has 0 aliphatic heterocycles. The molecule has 0 unspecified atom stereocenters. The smallest absolute Gasteiger partial charge is 0.223 e. The van der Waals surface area contributed by atoms with Gasteiger partial charge in [-0.1, -0.05) is 17.7 Å². The molecule has 146 valence electrons. The van der Waals surface area contributed by atoms with Crippen molar-refractivity contribution >= 4 is 23.7 Å². The molecule has 3 rings (SSSR count). The van der Waals surface area contributed by atoms with Gasteiger partial charge >= 0.3 is 0 Å². The second-order valence-electron chi connectivity index (χ2n) is 6.40. The Labute approximate surface area is 164 Å². The zero-order valence-electron chi connectivity index (χ0n) is 15.4. The number of hydrazine groups is 2. The number of phenolic OH excluding ortho intramolecular Hbond substituents is 1. The van der Waals surface area contributed by atoms with Gasteiger partial charge in [-0.15, -0.1) is 0 Å². The van der Waals surface area contributed by atoms with Crippen molar-refractivity contribution in [2.45, 2.75) is 25.4 Å². The number of rotatable bonds is 6. The molecule has 7 nitrogen and oxygen atoms in total. The van der Waals surface area contributed by atoms with E-state index in [1.54, 1.807) is 19.2 Å². The highest BCUT2D eigenvalue weighted by Gasteiger charge is 2.27. The summed E-state index contributed by atoms with van der Waals surface area (Å²) in [5, 5.41) is 12.8. The van der Waals surface area contributed by atoms with E-state index >= 15 is 0 Å². The van der Waals surface area contributed by atoms with Crippen LogP contribution in [0.15, 0.2) is 36.4 Å². The van der Waals surface area contributed by atoms with E-state index in [9.17, 15) is 9.90 Å². The number of ether oxygens (including phenoxy) is 1. The molecule has 1 aliphatic rings. The molecule has 2 aromatic carbocycles. The van der Waals surface area contributed by atoms with Crippen LogP contribution in [0, 0.1) is 0 Å². The first-order valence-corrected chi connectivity index (χ1v) is 8.85. The maximum absolute atomic E-state index is 9.66. The van der Waals surface area contributed by atoms with Crippen LogP contribution in [0.25, 0.3) is 0 Å². The van der Waals surface area contributed by atoms with Crippen molar-refractivity contribution in [3.8, 4) is 11.5 Å². The second-order valence-corrected chi connectivity index (χ2v) is 6.81. The van der Waals surface area contributed by atoms with Crippen LogP contribution in [-0.2, 0) is 11.4 Å². The molecule has 2 aromatic rings. The number of benzene rings is 2. The molecule has 0 radical (unpaired) electrons. The van der Waals surface area contributed by atoms with Gasteiger partial charge < -0.3 is 14.9 Å². The lowest BCUT2D eigenvalue weighted by Crippen LogP contribution is -2.26. The van der Waals surface area contributed by atoms with Crippen molar-refractivity contribution < 1.29 is 14.6 Å². The number of amides is 1. The van der Waals surface area contributed by atoms with E-state index in [0.29, 0.717) is 24.0 Å². The van der Waals surface area contributed by atoms with Crippen molar-refractivity contribution in [2.24, 2.45) is 11.7 Å². The summed E-state index contributed by atoms with van der Waals surface area (Å²) in [5.41, 5.74) is 2.75. The third-order valence-electron chi connectivity index (χ3n) is 4.02. The number of aromatic hydroxyl groups is 1. The Bertz CT molecular complexity index is 780. The van der Waals surface area contributed by atoms with Crippen LogP contribution < -0.4 is 21.4 Å². The van der Waals surface area contributed by atoms with Gasteiger partial charge in [0.05, 0.1) is 5.69 Å². The number of nitrogens with two attached hydrogens (primary N) is 2. The fraction of sp³-hybridized carbons (Fsp3) is 0.316. The molecule has 0 saturated heterocycles. The van der Waals surface area contributed by atoms with Crippen molar-refractivity contribution in [1.82, 2.24) is 5.01 Å². The van der Waals surface area contributed by atoms with E-state index in [-0.39, 0.29) is 5.75 Å². The van der Waals surface area contributed by atoms with E-state index in [1.807, 2.05) is 24.3 Å². The summed E-state index contributed by atoms with van der Waals surface area (Å²) in [6, 6.07) is 10.8. The summed E-state index contributed by atoms with van der Waals surface area (Å²) in [6.45, 7) is 0.334. The van der Waals surface area contributed by atoms with Gasteiger partial charge in [0.2, 0.25) is 6.41 Å². The largest absolute Gasteiger partial charge is 0.508 e.